The monoisotopic (exact) mass is 428 g/mol. The van der Waals surface area contributed by atoms with E-state index in [9.17, 15) is 9.35 Å². The molecule has 0 aliphatic rings. The standard InChI is InChI=1S/C21H21ClN4O2S/c1-13(2)14-4-6-18(7-5-14)29(28)26-19-9-16(12-25-20(19)22)15-8-17(11-24-10-15)21(27)23-3/h4-13,26H,1-3H3,(H,23,27). The van der Waals surface area contributed by atoms with Gasteiger partial charge in [0.25, 0.3) is 5.91 Å². The van der Waals surface area contributed by atoms with Crippen LogP contribution in [0.5, 0.6) is 0 Å². The molecule has 0 radical (unpaired) electrons. The van der Waals surface area contributed by atoms with Crippen molar-refractivity contribution in [2.45, 2.75) is 24.7 Å². The zero-order chi connectivity index (χ0) is 21.0. The van der Waals surface area contributed by atoms with Crippen LogP contribution in [0.4, 0.5) is 5.69 Å². The second kappa shape index (κ2) is 9.26. The second-order valence-electron chi connectivity index (χ2n) is 6.70. The molecule has 3 aromatic rings. The number of halogens is 1. The average Bonchev–Trinajstić information content (AvgIpc) is 2.74. The fourth-order valence-corrected chi connectivity index (χ4v) is 3.74. The zero-order valence-corrected chi connectivity index (χ0v) is 17.8. The molecule has 0 saturated heterocycles. The summed E-state index contributed by atoms with van der Waals surface area (Å²) in [4.78, 5) is 20.8. The van der Waals surface area contributed by atoms with Crippen molar-refractivity contribution in [2.75, 3.05) is 11.8 Å². The zero-order valence-electron chi connectivity index (χ0n) is 16.3. The van der Waals surface area contributed by atoms with Gasteiger partial charge in [-0.1, -0.05) is 37.6 Å². The third kappa shape index (κ3) is 5.06. The van der Waals surface area contributed by atoms with Crippen molar-refractivity contribution in [1.82, 2.24) is 15.3 Å². The topological polar surface area (TPSA) is 90.0 Å². The van der Waals surface area contributed by atoms with E-state index in [-0.39, 0.29) is 11.1 Å². The van der Waals surface area contributed by atoms with Gasteiger partial charge in [0.2, 0.25) is 0 Å². The maximum Gasteiger partial charge on any atom is 0.252 e. The van der Waals surface area contributed by atoms with Gasteiger partial charge < -0.3 is 9.87 Å². The van der Waals surface area contributed by atoms with Gasteiger partial charge in [-0.25, -0.2) is 9.71 Å². The first-order valence-electron chi connectivity index (χ1n) is 9.00. The number of amides is 1. The minimum absolute atomic E-state index is 0.205. The van der Waals surface area contributed by atoms with Gasteiger partial charge >= 0.3 is 0 Å². The molecule has 1 amide bonds. The van der Waals surface area contributed by atoms with Gasteiger partial charge in [-0.2, -0.15) is 0 Å². The van der Waals surface area contributed by atoms with E-state index < -0.39 is 11.4 Å². The summed E-state index contributed by atoms with van der Waals surface area (Å²) in [7, 11) is 1.56. The number of nitrogens with zero attached hydrogens (tertiary/aromatic N) is 2. The van der Waals surface area contributed by atoms with Crippen molar-refractivity contribution in [2.24, 2.45) is 0 Å². The molecular weight excluding hydrogens is 408 g/mol. The minimum atomic E-state index is -1.50. The molecule has 0 fully saturated rings. The summed E-state index contributed by atoms with van der Waals surface area (Å²) >= 11 is 4.70. The summed E-state index contributed by atoms with van der Waals surface area (Å²) in [5.41, 5.74) is 3.44. The summed E-state index contributed by atoms with van der Waals surface area (Å²) in [6, 6.07) is 11.0. The predicted octanol–water partition coefficient (Wildman–Crippen LogP) is 4.41. The van der Waals surface area contributed by atoms with Crippen molar-refractivity contribution < 1.29 is 9.35 Å². The number of carbonyl (C=O) groups is 1. The highest BCUT2D eigenvalue weighted by molar-refractivity contribution is 7.92. The number of nitrogens with one attached hydrogen (secondary N) is 2. The molecule has 1 atom stereocenters. The van der Waals surface area contributed by atoms with E-state index in [4.69, 9.17) is 11.6 Å². The van der Waals surface area contributed by atoms with Crippen molar-refractivity contribution in [3.63, 3.8) is 0 Å². The van der Waals surface area contributed by atoms with Crippen LogP contribution >= 0.6 is 11.6 Å². The number of anilines is 1. The van der Waals surface area contributed by atoms with Crippen molar-refractivity contribution >= 4 is 34.6 Å². The maximum atomic E-state index is 12.7. The van der Waals surface area contributed by atoms with E-state index in [0.717, 1.165) is 0 Å². The van der Waals surface area contributed by atoms with Crippen LogP contribution in [0.2, 0.25) is 5.15 Å². The minimum Gasteiger partial charge on any atom is -0.588 e. The van der Waals surface area contributed by atoms with E-state index in [2.05, 4.69) is 33.9 Å². The van der Waals surface area contributed by atoms with Crippen LogP contribution in [0.25, 0.3) is 11.1 Å². The average molecular weight is 429 g/mol. The lowest BCUT2D eigenvalue weighted by Crippen LogP contribution is -2.17. The van der Waals surface area contributed by atoms with Gasteiger partial charge in [0.05, 0.1) is 5.56 Å². The molecule has 1 unspecified atom stereocenters. The summed E-state index contributed by atoms with van der Waals surface area (Å²) in [6.07, 6.45) is 4.70. The Labute approximate surface area is 178 Å². The number of hydrogen-bond donors (Lipinski definition) is 2. The summed E-state index contributed by atoms with van der Waals surface area (Å²) in [5.74, 6) is 0.172. The quantitative estimate of drug-likeness (QED) is 0.448. The van der Waals surface area contributed by atoms with Crippen LogP contribution in [0.1, 0.15) is 35.7 Å². The molecule has 0 saturated carbocycles. The highest BCUT2D eigenvalue weighted by Crippen LogP contribution is 2.29. The molecule has 0 spiro atoms. The molecule has 6 nitrogen and oxygen atoms in total. The normalized spacial score (nSPS) is 11.9. The Morgan fingerprint density at radius 3 is 2.45 bits per heavy atom. The fourth-order valence-electron chi connectivity index (χ4n) is 2.68. The number of rotatable bonds is 6. The Balaban J connectivity index is 1.85. The highest BCUT2D eigenvalue weighted by Gasteiger charge is 2.16. The first-order valence-corrected chi connectivity index (χ1v) is 10.5. The molecule has 29 heavy (non-hydrogen) atoms. The fraction of sp³-hybridized carbons (Fsp3) is 0.190. The lowest BCUT2D eigenvalue weighted by Gasteiger charge is -2.14. The lowest BCUT2D eigenvalue weighted by atomic mass is 10.0. The molecular formula is C21H21ClN4O2S. The Morgan fingerprint density at radius 2 is 1.79 bits per heavy atom. The smallest absolute Gasteiger partial charge is 0.252 e. The van der Waals surface area contributed by atoms with E-state index in [1.807, 2.05) is 24.3 Å². The molecule has 0 aliphatic heterocycles. The van der Waals surface area contributed by atoms with Crippen molar-refractivity contribution in [3.05, 3.63) is 71.3 Å². The molecule has 2 aromatic heterocycles. The van der Waals surface area contributed by atoms with Gasteiger partial charge in [0.15, 0.2) is 10.0 Å². The summed E-state index contributed by atoms with van der Waals surface area (Å²) in [5, 5.41) is 2.77. The van der Waals surface area contributed by atoms with Crippen LogP contribution in [0, 0.1) is 0 Å². The van der Waals surface area contributed by atoms with Crippen LogP contribution in [0.15, 0.2) is 59.9 Å². The maximum absolute atomic E-state index is 12.7. The Kier molecular flexibility index (Phi) is 6.74. The molecule has 150 valence electrons. The first kappa shape index (κ1) is 21.1. The van der Waals surface area contributed by atoms with Gasteiger partial charge in [-0.05, 0) is 35.7 Å². The third-order valence-corrected chi connectivity index (χ3v) is 5.77. The van der Waals surface area contributed by atoms with Crippen LogP contribution < -0.4 is 10.0 Å². The van der Waals surface area contributed by atoms with Gasteiger partial charge in [-0.15, -0.1) is 0 Å². The molecule has 0 aliphatic carbocycles. The summed E-state index contributed by atoms with van der Waals surface area (Å²) in [6.45, 7) is 4.21. The van der Waals surface area contributed by atoms with Crippen LogP contribution in [0.3, 0.4) is 0 Å². The molecule has 2 heterocycles. The van der Waals surface area contributed by atoms with Crippen molar-refractivity contribution in [3.8, 4) is 11.1 Å². The van der Waals surface area contributed by atoms with E-state index in [0.29, 0.717) is 33.2 Å². The Morgan fingerprint density at radius 1 is 1.10 bits per heavy atom. The lowest BCUT2D eigenvalue weighted by molar-refractivity contribution is 0.0962. The largest absolute Gasteiger partial charge is 0.588 e. The SMILES string of the molecule is CNC(=O)c1cncc(-c2cnc(Cl)c(N[S+]([O-])c3ccc(C(C)C)cc3)c2)c1. The highest BCUT2D eigenvalue weighted by atomic mass is 35.5. The number of benzene rings is 1. The number of hydrogen-bond acceptors (Lipinski definition) is 5. The summed E-state index contributed by atoms with van der Waals surface area (Å²) < 4.78 is 15.6. The second-order valence-corrected chi connectivity index (χ2v) is 8.27. The van der Waals surface area contributed by atoms with E-state index in [1.54, 1.807) is 31.6 Å². The Bertz CT molecular complexity index is 1010. The Hall–Kier alpha value is -2.61. The first-order chi connectivity index (χ1) is 13.9. The van der Waals surface area contributed by atoms with Gasteiger partial charge in [-0.3, -0.25) is 9.78 Å². The van der Waals surface area contributed by atoms with Crippen molar-refractivity contribution in [1.29, 1.82) is 0 Å². The van der Waals surface area contributed by atoms with E-state index in [1.165, 1.54) is 11.8 Å². The molecule has 3 rings (SSSR count). The molecule has 0 bridgehead atoms. The molecule has 1 aromatic carbocycles. The molecule has 8 heteroatoms. The number of pyridine rings is 2. The predicted molar refractivity (Wildman–Crippen MR) is 116 cm³/mol. The van der Waals surface area contributed by atoms with Crippen LogP contribution in [-0.2, 0) is 11.4 Å². The van der Waals surface area contributed by atoms with E-state index >= 15 is 0 Å². The third-order valence-electron chi connectivity index (χ3n) is 4.36. The van der Waals surface area contributed by atoms with Crippen LogP contribution in [-0.4, -0.2) is 27.5 Å². The number of carbonyl (C=O) groups excluding carboxylic acids is 1. The molecule has 2 N–H and O–H groups in total. The van der Waals surface area contributed by atoms with Gasteiger partial charge in [0, 0.05) is 36.8 Å². The van der Waals surface area contributed by atoms with Gasteiger partial charge in [0.1, 0.15) is 17.0 Å². The number of aromatic nitrogens is 2.